The molecule has 2 N–H and O–H groups in total. The average molecular weight is 185 g/mol. The number of hydrogen-bond donors (Lipinski definition) is 2. The van der Waals surface area contributed by atoms with E-state index in [9.17, 15) is 9.59 Å². The smallest absolute Gasteiger partial charge is 0.325 e. The van der Waals surface area contributed by atoms with Crippen molar-refractivity contribution < 1.29 is 14.7 Å². The summed E-state index contributed by atoms with van der Waals surface area (Å²) in [6.07, 6.45) is 0. The number of amides is 1. The van der Waals surface area contributed by atoms with E-state index in [1.165, 1.54) is 6.92 Å². The van der Waals surface area contributed by atoms with Crippen LogP contribution in [0.5, 0.6) is 0 Å². The van der Waals surface area contributed by atoms with Crippen LogP contribution in [-0.2, 0) is 9.59 Å². The molecule has 0 aromatic heterocycles. The third-order valence-corrected chi connectivity index (χ3v) is 1.86. The van der Waals surface area contributed by atoms with Gasteiger partial charge in [-0.2, -0.15) is 0 Å². The second-order valence-corrected chi connectivity index (χ2v) is 3.14. The molecule has 4 nitrogen and oxygen atoms in total. The fourth-order valence-electron chi connectivity index (χ4n) is 0.624. The minimum absolute atomic E-state index is 0.303. The first-order valence-corrected chi connectivity index (χ1v) is 4.04. The lowest BCUT2D eigenvalue weighted by molar-refractivity contribution is -0.141. The van der Waals surface area contributed by atoms with Gasteiger partial charge < -0.3 is 10.4 Å². The van der Waals surface area contributed by atoms with Gasteiger partial charge in [-0.05, 0) is 20.8 Å². The van der Waals surface area contributed by atoms with Crippen LogP contribution < -0.4 is 5.32 Å². The monoisotopic (exact) mass is 185 g/mol. The van der Waals surface area contributed by atoms with Gasteiger partial charge in [0.1, 0.15) is 6.04 Å². The van der Waals surface area contributed by atoms with Gasteiger partial charge in [0.25, 0.3) is 0 Å². The molecule has 2 atom stereocenters. The fraction of sp³-hybridized carbons (Fsp3) is 0.556. The molecule has 0 aliphatic rings. The van der Waals surface area contributed by atoms with E-state index in [2.05, 4.69) is 11.9 Å². The minimum atomic E-state index is -1.04. The molecule has 0 aliphatic carbocycles. The van der Waals surface area contributed by atoms with Gasteiger partial charge in [-0.1, -0.05) is 12.2 Å². The summed E-state index contributed by atoms with van der Waals surface area (Å²) in [5.41, 5.74) is 0.718. The highest BCUT2D eigenvalue weighted by atomic mass is 16.4. The maximum absolute atomic E-state index is 11.3. The molecule has 1 unspecified atom stereocenters. The van der Waals surface area contributed by atoms with E-state index in [-0.39, 0.29) is 11.8 Å². The highest BCUT2D eigenvalue weighted by Crippen LogP contribution is 2.06. The van der Waals surface area contributed by atoms with Gasteiger partial charge in [0.05, 0.1) is 5.92 Å². The summed E-state index contributed by atoms with van der Waals surface area (Å²) in [6, 6.07) is -0.853. The zero-order chi connectivity index (χ0) is 10.6. The fourth-order valence-corrected chi connectivity index (χ4v) is 0.624. The number of carboxylic acid groups (broad SMARTS) is 1. The zero-order valence-electron chi connectivity index (χ0n) is 8.13. The lowest BCUT2D eigenvalue weighted by Crippen LogP contribution is -2.41. The molecular weight excluding hydrogens is 170 g/mol. The Kier molecular flexibility index (Phi) is 4.17. The van der Waals surface area contributed by atoms with Crippen LogP contribution in [0.15, 0.2) is 12.2 Å². The van der Waals surface area contributed by atoms with Crippen molar-refractivity contribution in [1.29, 1.82) is 0 Å². The zero-order valence-corrected chi connectivity index (χ0v) is 8.13. The Labute approximate surface area is 77.6 Å². The van der Waals surface area contributed by atoms with E-state index in [1.807, 2.05) is 0 Å². The highest BCUT2D eigenvalue weighted by molar-refractivity contribution is 5.85. The highest BCUT2D eigenvalue weighted by Gasteiger charge is 2.18. The van der Waals surface area contributed by atoms with Crippen molar-refractivity contribution in [2.75, 3.05) is 0 Å². The van der Waals surface area contributed by atoms with Crippen LogP contribution in [0.4, 0.5) is 0 Å². The van der Waals surface area contributed by atoms with Gasteiger partial charge in [0.2, 0.25) is 5.91 Å². The van der Waals surface area contributed by atoms with Crippen LogP contribution in [0, 0.1) is 5.92 Å². The molecule has 0 fully saturated rings. The molecule has 0 saturated carbocycles. The topological polar surface area (TPSA) is 66.4 Å². The molecule has 0 bridgehead atoms. The van der Waals surface area contributed by atoms with E-state index in [0.29, 0.717) is 0 Å². The lowest BCUT2D eigenvalue weighted by Gasteiger charge is -2.14. The molecular formula is C9H15NO3. The van der Waals surface area contributed by atoms with Gasteiger partial charge in [0.15, 0.2) is 0 Å². The first kappa shape index (κ1) is 11.7. The SMILES string of the molecule is C=C(C)C(C)C(=O)N[C@@H](C)C(=O)O. The Morgan fingerprint density at radius 3 is 2.15 bits per heavy atom. The van der Waals surface area contributed by atoms with E-state index < -0.39 is 12.0 Å². The normalized spacial score (nSPS) is 14.4. The number of carboxylic acids is 1. The average Bonchev–Trinajstić information content (AvgIpc) is 2.02. The maximum Gasteiger partial charge on any atom is 0.325 e. The van der Waals surface area contributed by atoms with E-state index in [1.54, 1.807) is 13.8 Å². The van der Waals surface area contributed by atoms with Crippen molar-refractivity contribution in [2.45, 2.75) is 26.8 Å². The molecule has 4 heteroatoms. The minimum Gasteiger partial charge on any atom is -0.480 e. The predicted molar refractivity (Wildman–Crippen MR) is 49.2 cm³/mol. The Bertz CT molecular complexity index is 235. The van der Waals surface area contributed by atoms with Crippen LogP contribution in [0.3, 0.4) is 0 Å². The molecule has 13 heavy (non-hydrogen) atoms. The third-order valence-electron chi connectivity index (χ3n) is 1.86. The van der Waals surface area contributed by atoms with E-state index in [4.69, 9.17) is 5.11 Å². The number of hydrogen-bond acceptors (Lipinski definition) is 2. The van der Waals surface area contributed by atoms with Crippen molar-refractivity contribution in [3.8, 4) is 0 Å². The summed E-state index contributed by atoms with van der Waals surface area (Å²) in [4.78, 5) is 21.7. The largest absolute Gasteiger partial charge is 0.480 e. The van der Waals surface area contributed by atoms with Gasteiger partial charge in [-0.3, -0.25) is 9.59 Å². The Morgan fingerprint density at radius 2 is 1.85 bits per heavy atom. The molecule has 0 spiro atoms. The summed E-state index contributed by atoms with van der Waals surface area (Å²) in [5.74, 6) is -1.69. The number of nitrogens with one attached hydrogen (secondary N) is 1. The molecule has 0 aliphatic heterocycles. The van der Waals surface area contributed by atoms with Crippen LogP contribution in [-0.4, -0.2) is 23.0 Å². The van der Waals surface area contributed by atoms with Crippen LogP contribution in [0.25, 0.3) is 0 Å². The summed E-state index contributed by atoms with van der Waals surface area (Å²) in [5, 5.41) is 10.9. The summed E-state index contributed by atoms with van der Waals surface area (Å²) in [7, 11) is 0. The molecule has 0 radical (unpaired) electrons. The molecule has 0 rings (SSSR count). The number of carbonyl (C=O) groups is 2. The quantitative estimate of drug-likeness (QED) is 0.636. The van der Waals surface area contributed by atoms with Crippen LogP contribution in [0.2, 0.25) is 0 Å². The molecule has 74 valence electrons. The van der Waals surface area contributed by atoms with Crippen LogP contribution in [0.1, 0.15) is 20.8 Å². The van der Waals surface area contributed by atoms with E-state index in [0.717, 1.165) is 5.57 Å². The first-order valence-electron chi connectivity index (χ1n) is 4.04. The summed E-state index contributed by atoms with van der Waals surface area (Å²) >= 11 is 0. The van der Waals surface area contributed by atoms with Crippen molar-refractivity contribution in [3.05, 3.63) is 12.2 Å². The Balaban J connectivity index is 4.15. The Morgan fingerprint density at radius 1 is 1.38 bits per heavy atom. The van der Waals surface area contributed by atoms with Crippen molar-refractivity contribution in [2.24, 2.45) is 5.92 Å². The van der Waals surface area contributed by atoms with Crippen LogP contribution >= 0.6 is 0 Å². The molecule has 1 amide bonds. The van der Waals surface area contributed by atoms with Gasteiger partial charge >= 0.3 is 5.97 Å². The summed E-state index contributed by atoms with van der Waals surface area (Å²) < 4.78 is 0. The van der Waals surface area contributed by atoms with Gasteiger partial charge in [-0.15, -0.1) is 0 Å². The molecule has 0 aromatic rings. The maximum atomic E-state index is 11.3. The number of carbonyl (C=O) groups excluding carboxylic acids is 1. The molecule has 0 saturated heterocycles. The predicted octanol–water partition coefficient (Wildman–Crippen LogP) is 0.788. The second kappa shape index (κ2) is 4.64. The molecule has 0 aromatic carbocycles. The molecule has 0 heterocycles. The summed E-state index contributed by atoms with van der Waals surface area (Å²) in [6.45, 7) is 8.46. The van der Waals surface area contributed by atoms with Crippen molar-refractivity contribution in [1.82, 2.24) is 5.32 Å². The third kappa shape index (κ3) is 3.73. The lowest BCUT2D eigenvalue weighted by atomic mass is 10.0. The Hall–Kier alpha value is -1.32. The van der Waals surface area contributed by atoms with Crippen molar-refractivity contribution in [3.63, 3.8) is 0 Å². The first-order chi connectivity index (χ1) is 5.86. The van der Waals surface area contributed by atoms with Gasteiger partial charge in [0, 0.05) is 0 Å². The number of aliphatic carboxylic acids is 1. The van der Waals surface area contributed by atoms with E-state index >= 15 is 0 Å². The van der Waals surface area contributed by atoms with Gasteiger partial charge in [-0.25, -0.2) is 0 Å². The number of rotatable bonds is 4. The van der Waals surface area contributed by atoms with Crippen molar-refractivity contribution >= 4 is 11.9 Å². The second-order valence-electron chi connectivity index (χ2n) is 3.14. The standard InChI is InChI=1S/C9H15NO3/c1-5(2)6(3)8(11)10-7(4)9(12)13/h6-7H,1H2,2-4H3,(H,10,11)(H,12,13)/t6?,7-/m0/s1.